The Bertz CT molecular complexity index is 467. The van der Waals surface area contributed by atoms with Crippen molar-refractivity contribution in [3.63, 3.8) is 0 Å². The number of hydrogen-bond donors (Lipinski definition) is 2. The fourth-order valence-electron chi connectivity index (χ4n) is 3.72. The highest BCUT2D eigenvalue weighted by atomic mass is 35.5. The molecular formula is C15H24Cl3N3O. The van der Waals surface area contributed by atoms with Crippen LogP contribution in [-0.4, -0.2) is 42.9 Å². The van der Waals surface area contributed by atoms with Crippen molar-refractivity contribution >= 4 is 42.2 Å². The lowest BCUT2D eigenvalue weighted by Crippen LogP contribution is -2.52. The summed E-state index contributed by atoms with van der Waals surface area (Å²) in [6.45, 7) is 4.26. The minimum atomic E-state index is 0. The lowest BCUT2D eigenvalue weighted by molar-refractivity contribution is 0.0326. The third-order valence-electron chi connectivity index (χ3n) is 5.07. The minimum Gasteiger partial charge on any atom is -0.396 e. The first-order chi connectivity index (χ1) is 9.75. The molecule has 1 unspecified atom stereocenters. The zero-order chi connectivity index (χ0) is 14.0. The Morgan fingerprint density at radius 2 is 2.05 bits per heavy atom. The molecule has 2 saturated heterocycles. The minimum absolute atomic E-state index is 0. The lowest BCUT2D eigenvalue weighted by atomic mass is 9.65. The standard InChI is InChI=1S/C15H22ClN3O.2ClH/c16-13-2-1-6-18-14(13)19-8-4-15(5-9-19)3-7-17-10-12(15)11-20;;/h1-2,6,12,17,20H,3-5,7-11H2;2*1H. The summed E-state index contributed by atoms with van der Waals surface area (Å²) >= 11 is 6.24. The van der Waals surface area contributed by atoms with Gasteiger partial charge in [0.05, 0.1) is 5.02 Å². The lowest BCUT2D eigenvalue weighted by Gasteiger charge is -2.49. The average Bonchev–Trinajstić information content (AvgIpc) is 2.49. The number of nitrogens with zero attached hydrogens (tertiary/aromatic N) is 2. The smallest absolute Gasteiger partial charge is 0.147 e. The third-order valence-corrected chi connectivity index (χ3v) is 5.37. The molecule has 2 N–H and O–H groups in total. The van der Waals surface area contributed by atoms with Gasteiger partial charge in [0.25, 0.3) is 0 Å². The van der Waals surface area contributed by atoms with Crippen molar-refractivity contribution in [2.45, 2.75) is 19.3 Å². The number of aliphatic hydroxyl groups is 1. The van der Waals surface area contributed by atoms with E-state index >= 15 is 0 Å². The van der Waals surface area contributed by atoms with Crippen LogP contribution in [0, 0.1) is 11.3 Å². The number of rotatable bonds is 2. The van der Waals surface area contributed by atoms with Crippen molar-refractivity contribution in [1.29, 1.82) is 0 Å². The number of aliphatic hydroxyl groups excluding tert-OH is 1. The zero-order valence-corrected chi connectivity index (χ0v) is 14.9. The molecule has 0 radical (unpaired) electrons. The first-order valence-corrected chi connectivity index (χ1v) is 7.80. The van der Waals surface area contributed by atoms with Crippen molar-refractivity contribution in [3.05, 3.63) is 23.4 Å². The van der Waals surface area contributed by atoms with Crippen LogP contribution in [0.15, 0.2) is 18.3 Å². The van der Waals surface area contributed by atoms with Crippen LogP contribution in [-0.2, 0) is 0 Å². The summed E-state index contributed by atoms with van der Waals surface area (Å²) in [5.41, 5.74) is 0.303. The summed E-state index contributed by atoms with van der Waals surface area (Å²) in [5.74, 6) is 1.29. The second-order valence-corrected chi connectivity index (χ2v) is 6.40. The number of nitrogens with one attached hydrogen (secondary N) is 1. The normalized spacial score (nSPS) is 23.5. The predicted molar refractivity (Wildman–Crippen MR) is 95.7 cm³/mol. The van der Waals surface area contributed by atoms with E-state index in [0.717, 1.165) is 49.9 Å². The number of halogens is 3. The number of hydrogen-bond acceptors (Lipinski definition) is 4. The third kappa shape index (κ3) is 3.80. The van der Waals surface area contributed by atoms with Crippen LogP contribution in [0.25, 0.3) is 0 Å². The molecular weight excluding hydrogens is 345 g/mol. The second-order valence-electron chi connectivity index (χ2n) is 5.99. The first kappa shape index (κ1) is 19.8. The van der Waals surface area contributed by atoms with E-state index < -0.39 is 0 Å². The second kappa shape index (κ2) is 8.55. The van der Waals surface area contributed by atoms with Gasteiger partial charge in [-0.3, -0.25) is 0 Å². The Kier molecular flexibility index (Phi) is 7.69. The molecule has 126 valence electrons. The molecule has 2 aliphatic rings. The van der Waals surface area contributed by atoms with E-state index in [1.165, 1.54) is 6.42 Å². The molecule has 2 aliphatic heterocycles. The van der Waals surface area contributed by atoms with Crippen LogP contribution >= 0.6 is 36.4 Å². The van der Waals surface area contributed by atoms with Gasteiger partial charge >= 0.3 is 0 Å². The van der Waals surface area contributed by atoms with Crippen LogP contribution in [0.4, 0.5) is 5.82 Å². The van der Waals surface area contributed by atoms with E-state index in [0.29, 0.717) is 11.3 Å². The molecule has 4 nitrogen and oxygen atoms in total. The highest BCUT2D eigenvalue weighted by Gasteiger charge is 2.42. The quantitative estimate of drug-likeness (QED) is 0.843. The fourth-order valence-corrected chi connectivity index (χ4v) is 3.97. The molecule has 0 saturated carbocycles. The van der Waals surface area contributed by atoms with Gasteiger partial charge in [0.15, 0.2) is 0 Å². The van der Waals surface area contributed by atoms with Gasteiger partial charge in [0.1, 0.15) is 5.82 Å². The zero-order valence-electron chi connectivity index (χ0n) is 12.5. The summed E-state index contributed by atoms with van der Waals surface area (Å²) in [7, 11) is 0. The van der Waals surface area contributed by atoms with Gasteiger partial charge in [0, 0.05) is 38.4 Å². The van der Waals surface area contributed by atoms with Gasteiger partial charge in [-0.2, -0.15) is 0 Å². The van der Waals surface area contributed by atoms with Gasteiger partial charge in [-0.05, 0) is 43.4 Å². The Morgan fingerprint density at radius 3 is 2.68 bits per heavy atom. The van der Waals surface area contributed by atoms with E-state index in [2.05, 4.69) is 15.2 Å². The number of anilines is 1. The SMILES string of the molecule is Cl.Cl.OCC1CNCCC12CCN(c1ncccc1Cl)CC2. The topological polar surface area (TPSA) is 48.4 Å². The Hall–Kier alpha value is -0.260. The number of pyridine rings is 1. The van der Waals surface area contributed by atoms with E-state index in [-0.39, 0.29) is 31.4 Å². The maximum absolute atomic E-state index is 9.65. The first-order valence-electron chi connectivity index (χ1n) is 7.42. The molecule has 1 aromatic heterocycles. The molecule has 0 bridgehead atoms. The van der Waals surface area contributed by atoms with Crippen molar-refractivity contribution in [2.75, 3.05) is 37.7 Å². The molecule has 0 aliphatic carbocycles. The fraction of sp³-hybridized carbons (Fsp3) is 0.667. The van der Waals surface area contributed by atoms with Crippen LogP contribution in [0.2, 0.25) is 5.02 Å². The van der Waals surface area contributed by atoms with E-state index in [4.69, 9.17) is 11.6 Å². The van der Waals surface area contributed by atoms with E-state index in [1.54, 1.807) is 6.20 Å². The average molecular weight is 369 g/mol. The van der Waals surface area contributed by atoms with Crippen LogP contribution in [0.3, 0.4) is 0 Å². The van der Waals surface area contributed by atoms with Crippen molar-refractivity contribution in [3.8, 4) is 0 Å². The maximum atomic E-state index is 9.65. The summed E-state index contributed by atoms with van der Waals surface area (Å²) in [6.07, 6.45) is 5.20. The van der Waals surface area contributed by atoms with Gasteiger partial charge < -0.3 is 15.3 Å². The molecule has 3 heterocycles. The van der Waals surface area contributed by atoms with Crippen LogP contribution in [0.1, 0.15) is 19.3 Å². The molecule has 7 heteroatoms. The van der Waals surface area contributed by atoms with E-state index in [9.17, 15) is 5.11 Å². The Balaban J connectivity index is 0.00000121. The summed E-state index contributed by atoms with van der Waals surface area (Å²) in [5, 5.41) is 13.8. The van der Waals surface area contributed by atoms with Gasteiger partial charge in [-0.1, -0.05) is 11.6 Å². The van der Waals surface area contributed by atoms with Crippen LogP contribution < -0.4 is 10.2 Å². The molecule has 1 spiro atoms. The number of piperidine rings is 2. The maximum Gasteiger partial charge on any atom is 0.147 e. The molecule has 22 heavy (non-hydrogen) atoms. The predicted octanol–water partition coefficient (Wildman–Crippen LogP) is 2.77. The van der Waals surface area contributed by atoms with Gasteiger partial charge in [-0.25, -0.2) is 4.98 Å². The molecule has 1 atom stereocenters. The van der Waals surface area contributed by atoms with Crippen molar-refractivity contribution < 1.29 is 5.11 Å². The molecule has 3 rings (SSSR count). The van der Waals surface area contributed by atoms with E-state index in [1.807, 2.05) is 12.1 Å². The van der Waals surface area contributed by atoms with Crippen LogP contribution in [0.5, 0.6) is 0 Å². The monoisotopic (exact) mass is 367 g/mol. The summed E-state index contributed by atoms with van der Waals surface area (Å²) < 4.78 is 0. The summed E-state index contributed by atoms with van der Waals surface area (Å²) in [6, 6.07) is 3.77. The highest BCUT2D eigenvalue weighted by molar-refractivity contribution is 6.32. The highest BCUT2D eigenvalue weighted by Crippen LogP contribution is 2.44. The van der Waals surface area contributed by atoms with Gasteiger partial charge in [0.2, 0.25) is 0 Å². The Morgan fingerprint density at radius 1 is 1.32 bits per heavy atom. The largest absolute Gasteiger partial charge is 0.396 e. The summed E-state index contributed by atoms with van der Waals surface area (Å²) in [4.78, 5) is 6.69. The van der Waals surface area contributed by atoms with Crippen molar-refractivity contribution in [1.82, 2.24) is 10.3 Å². The molecule has 0 aromatic carbocycles. The number of aromatic nitrogens is 1. The molecule has 0 amide bonds. The van der Waals surface area contributed by atoms with Crippen molar-refractivity contribution in [2.24, 2.45) is 11.3 Å². The van der Waals surface area contributed by atoms with Gasteiger partial charge in [-0.15, -0.1) is 24.8 Å². The molecule has 1 aromatic rings. The molecule has 2 fully saturated rings. The Labute approximate surface area is 149 Å².